The van der Waals surface area contributed by atoms with Crippen molar-refractivity contribution in [3.8, 4) is 11.5 Å². The van der Waals surface area contributed by atoms with E-state index in [0.717, 1.165) is 33.7 Å². The zero-order valence-corrected chi connectivity index (χ0v) is 21.1. The van der Waals surface area contributed by atoms with E-state index in [1.807, 2.05) is 42.5 Å². The Morgan fingerprint density at radius 2 is 1.63 bits per heavy atom. The molecule has 1 aliphatic heterocycles. The quantitative estimate of drug-likeness (QED) is 0.145. The first kappa shape index (κ1) is 25.0. The molecule has 5 rings (SSSR count). The van der Waals surface area contributed by atoms with Crippen LogP contribution in [0.25, 0.3) is 16.8 Å². The molecule has 0 unspecified atom stereocenters. The van der Waals surface area contributed by atoms with Gasteiger partial charge in [-0.2, -0.15) is 0 Å². The normalized spacial score (nSPS) is 14.3. The lowest BCUT2D eigenvalue weighted by molar-refractivity contribution is -0.384. The second-order valence-electron chi connectivity index (χ2n) is 8.57. The average molecular weight is 527 g/mol. The van der Waals surface area contributed by atoms with Crippen molar-refractivity contribution < 1.29 is 24.0 Å². The van der Waals surface area contributed by atoms with Crippen LogP contribution in [0.2, 0.25) is 0 Å². The van der Waals surface area contributed by atoms with Gasteiger partial charge in [0.05, 0.1) is 23.5 Å². The molecule has 0 aromatic heterocycles. The van der Waals surface area contributed by atoms with Gasteiger partial charge in [-0.3, -0.25) is 24.6 Å². The number of fused-ring (bicyclic) bond motifs is 1. The third-order valence-electron chi connectivity index (χ3n) is 6.06. The van der Waals surface area contributed by atoms with E-state index in [9.17, 15) is 19.7 Å². The lowest BCUT2D eigenvalue weighted by Gasteiger charge is -2.13. The van der Waals surface area contributed by atoms with Gasteiger partial charge >= 0.3 is 0 Å². The van der Waals surface area contributed by atoms with Gasteiger partial charge in [-0.25, -0.2) is 0 Å². The van der Waals surface area contributed by atoms with E-state index in [4.69, 9.17) is 9.47 Å². The summed E-state index contributed by atoms with van der Waals surface area (Å²) in [6, 6.07) is 25.1. The minimum atomic E-state index is -0.458. The van der Waals surface area contributed by atoms with Crippen LogP contribution in [0, 0.1) is 10.1 Å². The molecule has 38 heavy (non-hydrogen) atoms. The molecule has 0 N–H and O–H groups in total. The Kier molecular flexibility index (Phi) is 7.10. The second kappa shape index (κ2) is 10.8. The molecule has 0 aliphatic carbocycles. The third-order valence-corrected chi connectivity index (χ3v) is 6.96. The Morgan fingerprint density at radius 3 is 2.37 bits per heavy atom. The lowest BCUT2D eigenvalue weighted by atomic mass is 10.1. The van der Waals surface area contributed by atoms with Gasteiger partial charge < -0.3 is 9.47 Å². The van der Waals surface area contributed by atoms with Crippen LogP contribution in [0.5, 0.6) is 11.5 Å². The Hall–Kier alpha value is -4.63. The first-order valence-corrected chi connectivity index (χ1v) is 12.5. The number of hydrogen-bond acceptors (Lipinski definition) is 7. The molecule has 0 atom stereocenters. The number of rotatable bonds is 8. The van der Waals surface area contributed by atoms with Crippen molar-refractivity contribution >= 4 is 45.4 Å². The van der Waals surface area contributed by atoms with Gasteiger partial charge in [0, 0.05) is 12.1 Å². The van der Waals surface area contributed by atoms with E-state index < -0.39 is 4.92 Å². The van der Waals surface area contributed by atoms with Crippen LogP contribution >= 0.6 is 11.8 Å². The lowest BCUT2D eigenvalue weighted by Crippen LogP contribution is -2.27. The molecule has 9 heteroatoms. The van der Waals surface area contributed by atoms with E-state index in [0.29, 0.717) is 22.0 Å². The first-order valence-electron chi connectivity index (χ1n) is 11.7. The number of ether oxygens (including phenoxy) is 2. The fraction of sp³-hybridized carbons (Fsp3) is 0.103. The van der Waals surface area contributed by atoms with Gasteiger partial charge in [0.15, 0.2) is 11.5 Å². The number of hydrogen-bond donors (Lipinski definition) is 0. The zero-order chi connectivity index (χ0) is 26.6. The summed E-state index contributed by atoms with van der Waals surface area (Å²) < 4.78 is 11.3. The largest absolute Gasteiger partial charge is 0.493 e. The number of thioether (sulfide) groups is 1. The third kappa shape index (κ3) is 5.37. The molecule has 1 aliphatic rings. The van der Waals surface area contributed by atoms with E-state index in [1.54, 1.807) is 36.4 Å². The van der Waals surface area contributed by atoms with E-state index >= 15 is 0 Å². The summed E-state index contributed by atoms with van der Waals surface area (Å²) in [5.74, 6) is 0.584. The highest BCUT2D eigenvalue weighted by atomic mass is 32.2. The number of nitro groups is 1. The number of methoxy groups -OCH3 is 1. The summed E-state index contributed by atoms with van der Waals surface area (Å²) in [7, 11) is 1.52. The molecule has 0 bridgehead atoms. The molecule has 2 amide bonds. The molecule has 4 aromatic rings. The molecule has 190 valence electrons. The molecule has 0 spiro atoms. The Balaban J connectivity index is 1.32. The number of carbonyl (C=O) groups excluding carboxylic acids is 2. The fourth-order valence-corrected chi connectivity index (χ4v) is 4.92. The minimum absolute atomic E-state index is 0.00268. The van der Waals surface area contributed by atoms with Crippen LogP contribution in [0.3, 0.4) is 0 Å². The highest BCUT2D eigenvalue weighted by molar-refractivity contribution is 8.18. The van der Waals surface area contributed by atoms with Crippen LogP contribution < -0.4 is 9.47 Å². The zero-order valence-electron chi connectivity index (χ0n) is 20.3. The number of nitrogens with zero attached hydrogens (tertiary/aromatic N) is 2. The number of carbonyl (C=O) groups is 2. The fourth-order valence-electron chi connectivity index (χ4n) is 4.08. The first-order chi connectivity index (χ1) is 18.4. The molecular weight excluding hydrogens is 504 g/mol. The summed E-state index contributed by atoms with van der Waals surface area (Å²) in [4.78, 5) is 37.8. The molecule has 1 fully saturated rings. The van der Waals surface area contributed by atoms with Crippen molar-refractivity contribution in [2.75, 3.05) is 7.11 Å². The predicted octanol–water partition coefficient (Wildman–Crippen LogP) is 6.57. The van der Waals surface area contributed by atoms with Gasteiger partial charge in [0.2, 0.25) is 0 Å². The van der Waals surface area contributed by atoms with E-state index in [2.05, 4.69) is 0 Å². The summed E-state index contributed by atoms with van der Waals surface area (Å²) >= 11 is 0.901. The molecule has 0 saturated carbocycles. The van der Waals surface area contributed by atoms with Gasteiger partial charge in [-0.15, -0.1) is 0 Å². The maximum atomic E-state index is 13.1. The summed E-state index contributed by atoms with van der Waals surface area (Å²) in [6.45, 7) is 0.360. The highest BCUT2D eigenvalue weighted by Crippen LogP contribution is 2.36. The molecule has 1 heterocycles. The number of benzene rings is 4. The number of non-ortho nitro benzene ring substituents is 1. The highest BCUT2D eigenvalue weighted by Gasteiger charge is 2.35. The van der Waals surface area contributed by atoms with Crippen LogP contribution in [0.1, 0.15) is 16.7 Å². The number of nitro benzene ring substituents is 1. The van der Waals surface area contributed by atoms with Gasteiger partial charge in [-0.05, 0) is 75.6 Å². The van der Waals surface area contributed by atoms with Gasteiger partial charge in [0.1, 0.15) is 6.61 Å². The number of imide groups is 1. The van der Waals surface area contributed by atoms with Crippen LogP contribution in [0.15, 0.2) is 89.8 Å². The van der Waals surface area contributed by atoms with E-state index in [-0.39, 0.29) is 30.0 Å². The Labute approximate surface area is 222 Å². The minimum Gasteiger partial charge on any atom is -0.493 e. The standard InChI is InChI=1S/C29H22N2O6S/c1-36-25-13-9-20(15-26(25)37-18-19-7-11-24(12-8-19)31(34)35)16-27-28(32)30(29(33)38-27)17-21-6-10-22-4-2-3-5-23(22)14-21/h2-16H,17-18H2,1H3/b27-16-. The average Bonchev–Trinajstić information content (AvgIpc) is 3.19. The molecule has 4 aromatic carbocycles. The Morgan fingerprint density at radius 1 is 0.895 bits per heavy atom. The van der Waals surface area contributed by atoms with E-state index in [1.165, 1.54) is 24.1 Å². The van der Waals surface area contributed by atoms with Crippen molar-refractivity contribution in [3.63, 3.8) is 0 Å². The Bertz CT molecular complexity index is 1580. The predicted molar refractivity (Wildman–Crippen MR) is 146 cm³/mol. The van der Waals surface area contributed by atoms with Crippen molar-refractivity contribution in [1.82, 2.24) is 4.90 Å². The van der Waals surface area contributed by atoms with Crippen molar-refractivity contribution in [2.45, 2.75) is 13.2 Å². The maximum Gasteiger partial charge on any atom is 0.293 e. The smallest absolute Gasteiger partial charge is 0.293 e. The maximum absolute atomic E-state index is 13.1. The van der Waals surface area contributed by atoms with Gasteiger partial charge in [-0.1, -0.05) is 42.5 Å². The number of amides is 2. The van der Waals surface area contributed by atoms with Crippen LogP contribution in [-0.2, 0) is 17.9 Å². The monoisotopic (exact) mass is 526 g/mol. The summed E-state index contributed by atoms with van der Waals surface area (Å²) in [5, 5.41) is 12.7. The second-order valence-corrected chi connectivity index (χ2v) is 9.57. The van der Waals surface area contributed by atoms with Crippen molar-refractivity contribution in [3.05, 3.63) is 117 Å². The van der Waals surface area contributed by atoms with Crippen molar-refractivity contribution in [1.29, 1.82) is 0 Å². The SMILES string of the molecule is COc1ccc(/C=C2\SC(=O)N(Cc3ccc4ccccc4c3)C2=O)cc1OCc1ccc([N+](=O)[O-])cc1. The van der Waals surface area contributed by atoms with Gasteiger partial charge in [0.25, 0.3) is 16.8 Å². The summed E-state index contributed by atoms with van der Waals surface area (Å²) in [6.07, 6.45) is 1.66. The van der Waals surface area contributed by atoms with Crippen LogP contribution in [-0.4, -0.2) is 28.1 Å². The molecule has 0 radical (unpaired) electrons. The molecule has 1 saturated heterocycles. The van der Waals surface area contributed by atoms with Crippen molar-refractivity contribution in [2.24, 2.45) is 0 Å². The summed E-state index contributed by atoms with van der Waals surface area (Å²) in [5.41, 5.74) is 2.29. The molecular formula is C29H22N2O6S. The topological polar surface area (TPSA) is 99.0 Å². The van der Waals surface area contributed by atoms with Crippen LogP contribution in [0.4, 0.5) is 10.5 Å². The molecule has 8 nitrogen and oxygen atoms in total.